The van der Waals surface area contributed by atoms with Gasteiger partial charge in [0.05, 0.1) is 6.10 Å². The molecule has 0 spiro atoms. The Morgan fingerprint density at radius 2 is 2.29 bits per heavy atom. The number of β-amino-alcohol motifs (C(OH)–C–C–N with tert-alkyl or cyclic N) is 1. The highest BCUT2D eigenvalue weighted by Gasteiger charge is 2.28. The van der Waals surface area contributed by atoms with E-state index in [1.165, 1.54) is 0 Å². The zero-order valence-corrected chi connectivity index (χ0v) is 9.39. The molecule has 2 atom stereocenters. The number of anilines is 2. The van der Waals surface area contributed by atoms with E-state index in [4.69, 9.17) is 5.73 Å². The number of carbonyl (C=O) groups excluding carboxylic acids is 1. The molecule has 0 saturated carbocycles. The number of amides is 1. The van der Waals surface area contributed by atoms with Gasteiger partial charge < -0.3 is 21.1 Å². The molecule has 4 N–H and O–H groups in total. The summed E-state index contributed by atoms with van der Waals surface area (Å²) < 4.78 is 0. The van der Waals surface area contributed by atoms with E-state index < -0.39 is 6.04 Å². The Balaban J connectivity index is 1.90. The van der Waals surface area contributed by atoms with Gasteiger partial charge in [-0.25, -0.2) is 0 Å². The Bertz CT molecular complexity index is 475. The number of nitrogens with one attached hydrogen (secondary N) is 1. The van der Waals surface area contributed by atoms with Gasteiger partial charge in [-0.2, -0.15) is 0 Å². The minimum atomic E-state index is -0.553. The second-order valence-corrected chi connectivity index (χ2v) is 4.63. The van der Waals surface area contributed by atoms with E-state index in [2.05, 4.69) is 10.2 Å². The van der Waals surface area contributed by atoms with Crippen molar-refractivity contribution in [3.05, 3.63) is 23.8 Å². The Kier molecular flexibility index (Phi) is 2.31. The molecule has 2 aliphatic heterocycles. The normalized spacial score (nSPS) is 27.2. The van der Waals surface area contributed by atoms with Gasteiger partial charge >= 0.3 is 0 Å². The zero-order chi connectivity index (χ0) is 12.0. The molecule has 90 valence electrons. The summed E-state index contributed by atoms with van der Waals surface area (Å²) in [6.07, 6.45) is 0.545. The minimum absolute atomic E-state index is 0.154. The van der Waals surface area contributed by atoms with Crippen LogP contribution in [0.15, 0.2) is 18.2 Å². The third-order valence-electron chi connectivity index (χ3n) is 3.44. The van der Waals surface area contributed by atoms with Crippen molar-refractivity contribution in [1.29, 1.82) is 0 Å². The van der Waals surface area contributed by atoms with Gasteiger partial charge in [0.1, 0.15) is 6.04 Å². The number of nitrogens with zero attached hydrogens (tertiary/aromatic N) is 1. The molecule has 5 nitrogen and oxygen atoms in total. The van der Waals surface area contributed by atoms with Crippen molar-refractivity contribution in [3.63, 3.8) is 0 Å². The standard InChI is InChI=1S/C12H15N3O2/c13-11-9-2-1-7(5-10(9)14-12(11)17)15-4-3-8(16)6-15/h1-2,5,8,11,16H,3-4,6,13H2,(H,14,17). The lowest BCUT2D eigenvalue weighted by Crippen LogP contribution is -2.21. The summed E-state index contributed by atoms with van der Waals surface area (Å²) in [5.74, 6) is -0.154. The number of rotatable bonds is 1. The van der Waals surface area contributed by atoms with Crippen molar-refractivity contribution in [2.24, 2.45) is 5.73 Å². The van der Waals surface area contributed by atoms with Crippen LogP contribution in [0, 0.1) is 0 Å². The highest BCUT2D eigenvalue weighted by Crippen LogP contribution is 2.33. The van der Waals surface area contributed by atoms with Gasteiger partial charge in [0.15, 0.2) is 0 Å². The molecule has 1 aromatic rings. The summed E-state index contributed by atoms with van der Waals surface area (Å²) in [5, 5.41) is 12.3. The van der Waals surface area contributed by atoms with Crippen LogP contribution in [0.2, 0.25) is 0 Å². The summed E-state index contributed by atoms with van der Waals surface area (Å²) in [4.78, 5) is 13.5. The van der Waals surface area contributed by atoms with E-state index in [1.807, 2.05) is 18.2 Å². The lowest BCUT2D eigenvalue weighted by Gasteiger charge is -2.18. The minimum Gasteiger partial charge on any atom is -0.391 e. The maximum atomic E-state index is 11.4. The molecular formula is C12H15N3O2. The third kappa shape index (κ3) is 1.67. The molecule has 5 heteroatoms. The van der Waals surface area contributed by atoms with Crippen molar-refractivity contribution in [2.45, 2.75) is 18.6 Å². The zero-order valence-electron chi connectivity index (χ0n) is 9.39. The van der Waals surface area contributed by atoms with Crippen LogP contribution in [0.5, 0.6) is 0 Å². The molecular weight excluding hydrogens is 218 g/mol. The highest BCUT2D eigenvalue weighted by molar-refractivity contribution is 6.02. The van der Waals surface area contributed by atoms with Crippen molar-refractivity contribution in [3.8, 4) is 0 Å². The molecule has 0 aliphatic carbocycles. The molecule has 0 radical (unpaired) electrons. The predicted molar refractivity (Wildman–Crippen MR) is 64.8 cm³/mol. The molecule has 1 amide bonds. The maximum Gasteiger partial charge on any atom is 0.245 e. The fourth-order valence-electron chi connectivity index (χ4n) is 2.45. The molecule has 17 heavy (non-hydrogen) atoms. The lowest BCUT2D eigenvalue weighted by atomic mass is 10.1. The summed E-state index contributed by atoms with van der Waals surface area (Å²) in [6.45, 7) is 1.50. The van der Waals surface area contributed by atoms with Crippen LogP contribution in [0.4, 0.5) is 11.4 Å². The molecule has 2 heterocycles. The van der Waals surface area contributed by atoms with E-state index in [9.17, 15) is 9.90 Å². The number of nitrogens with two attached hydrogens (primary N) is 1. The van der Waals surface area contributed by atoms with E-state index in [1.54, 1.807) is 0 Å². The average molecular weight is 233 g/mol. The number of benzene rings is 1. The Morgan fingerprint density at radius 3 is 3.00 bits per heavy atom. The van der Waals surface area contributed by atoms with Crippen LogP contribution in [0.3, 0.4) is 0 Å². The summed E-state index contributed by atoms with van der Waals surface area (Å²) >= 11 is 0. The molecule has 1 aromatic carbocycles. The van der Waals surface area contributed by atoms with Crippen LogP contribution < -0.4 is 16.0 Å². The van der Waals surface area contributed by atoms with Gasteiger partial charge in [-0.15, -0.1) is 0 Å². The predicted octanol–water partition coefficient (Wildman–Crippen LogP) is 0.209. The van der Waals surface area contributed by atoms with Crippen molar-refractivity contribution in [2.75, 3.05) is 23.3 Å². The van der Waals surface area contributed by atoms with Crippen LogP contribution in [-0.2, 0) is 4.79 Å². The van der Waals surface area contributed by atoms with E-state index in [0.717, 1.165) is 29.9 Å². The van der Waals surface area contributed by atoms with E-state index in [-0.39, 0.29) is 12.0 Å². The molecule has 2 unspecified atom stereocenters. The third-order valence-corrected chi connectivity index (χ3v) is 3.44. The summed E-state index contributed by atoms with van der Waals surface area (Å²) in [7, 11) is 0. The quantitative estimate of drug-likeness (QED) is 0.648. The number of aliphatic hydroxyl groups is 1. The van der Waals surface area contributed by atoms with Crippen LogP contribution in [-0.4, -0.2) is 30.2 Å². The van der Waals surface area contributed by atoms with Crippen LogP contribution >= 0.6 is 0 Å². The number of aliphatic hydroxyl groups excluding tert-OH is 1. The Hall–Kier alpha value is -1.59. The van der Waals surface area contributed by atoms with Crippen molar-refractivity contribution < 1.29 is 9.90 Å². The second-order valence-electron chi connectivity index (χ2n) is 4.63. The summed E-state index contributed by atoms with van der Waals surface area (Å²) in [5.41, 5.74) is 8.41. The number of hydrogen-bond donors (Lipinski definition) is 3. The number of fused-ring (bicyclic) bond motifs is 1. The Morgan fingerprint density at radius 1 is 1.47 bits per heavy atom. The van der Waals surface area contributed by atoms with E-state index in [0.29, 0.717) is 6.54 Å². The molecule has 3 rings (SSSR count). The number of hydrogen-bond acceptors (Lipinski definition) is 4. The fraction of sp³-hybridized carbons (Fsp3) is 0.417. The van der Waals surface area contributed by atoms with Gasteiger partial charge in [0, 0.05) is 30.0 Å². The average Bonchev–Trinajstić information content (AvgIpc) is 2.85. The smallest absolute Gasteiger partial charge is 0.245 e. The summed E-state index contributed by atoms with van der Waals surface area (Å²) in [6, 6.07) is 5.22. The number of carbonyl (C=O) groups is 1. The van der Waals surface area contributed by atoms with Gasteiger partial charge in [-0.3, -0.25) is 4.79 Å². The first-order valence-corrected chi connectivity index (χ1v) is 5.78. The first kappa shape index (κ1) is 10.6. The lowest BCUT2D eigenvalue weighted by molar-refractivity contribution is -0.116. The highest BCUT2D eigenvalue weighted by atomic mass is 16.3. The molecule has 1 fully saturated rings. The SMILES string of the molecule is NC1C(=O)Nc2cc(N3CCC(O)C3)ccc21. The van der Waals surface area contributed by atoms with Crippen molar-refractivity contribution >= 4 is 17.3 Å². The van der Waals surface area contributed by atoms with Crippen LogP contribution in [0.25, 0.3) is 0 Å². The Labute approximate surface area is 99.2 Å². The van der Waals surface area contributed by atoms with Gasteiger partial charge in [0.2, 0.25) is 5.91 Å². The van der Waals surface area contributed by atoms with Gasteiger partial charge in [-0.05, 0) is 18.6 Å². The first-order chi connectivity index (χ1) is 8.15. The first-order valence-electron chi connectivity index (χ1n) is 5.78. The molecule has 0 aromatic heterocycles. The topological polar surface area (TPSA) is 78.6 Å². The van der Waals surface area contributed by atoms with Gasteiger partial charge in [0.25, 0.3) is 0 Å². The molecule has 2 aliphatic rings. The van der Waals surface area contributed by atoms with E-state index >= 15 is 0 Å². The fourth-order valence-corrected chi connectivity index (χ4v) is 2.45. The monoisotopic (exact) mass is 233 g/mol. The second kappa shape index (κ2) is 3.72. The van der Waals surface area contributed by atoms with Crippen LogP contribution in [0.1, 0.15) is 18.0 Å². The van der Waals surface area contributed by atoms with Gasteiger partial charge in [-0.1, -0.05) is 6.07 Å². The molecule has 0 bridgehead atoms. The van der Waals surface area contributed by atoms with Crippen molar-refractivity contribution in [1.82, 2.24) is 0 Å². The largest absolute Gasteiger partial charge is 0.391 e. The maximum absolute atomic E-state index is 11.4. The molecule has 1 saturated heterocycles.